The molecule has 0 atom stereocenters. The number of nitrogens with zero attached hydrogens (tertiary/aromatic N) is 3. The van der Waals surface area contributed by atoms with Crippen LogP contribution in [0, 0.1) is 0 Å². The van der Waals surface area contributed by atoms with E-state index in [1.807, 2.05) is 50.2 Å². The van der Waals surface area contributed by atoms with Crippen LogP contribution in [0.3, 0.4) is 0 Å². The van der Waals surface area contributed by atoms with Crippen molar-refractivity contribution in [3.05, 3.63) is 42.2 Å². The highest BCUT2D eigenvalue weighted by atomic mass is 16.5. The highest BCUT2D eigenvalue weighted by molar-refractivity contribution is 5.92. The maximum atomic E-state index is 12.1. The summed E-state index contributed by atoms with van der Waals surface area (Å²) in [6, 6.07) is 9.07. The molecule has 0 aliphatic heterocycles. The Bertz CT molecular complexity index is 658. The van der Waals surface area contributed by atoms with Crippen molar-refractivity contribution in [1.29, 1.82) is 0 Å². The van der Waals surface area contributed by atoms with Crippen LogP contribution in [0.2, 0.25) is 0 Å². The van der Waals surface area contributed by atoms with Crippen LogP contribution in [-0.4, -0.2) is 54.6 Å². The molecule has 1 aromatic heterocycles. The minimum atomic E-state index is -0.214. The average molecular weight is 329 g/mol. The summed E-state index contributed by atoms with van der Waals surface area (Å²) in [5.74, 6) is 0.964. The fourth-order valence-corrected chi connectivity index (χ4v) is 1.96. The minimum absolute atomic E-state index is 0.214. The number of anilines is 2. The Kier molecular flexibility index (Phi) is 6.51. The first-order chi connectivity index (χ1) is 11.6. The summed E-state index contributed by atoms with van der Waals surface area (Å²) < 4.78 is 5.40. The Morgan fingerprint density at radius 3 is 2.62 bits per heavy atom. The number of nitrogens with one attached hydrogen (secondary N) is 2. The van der Waals surface area contributed by atoms with Crippen LogP contribution < -0.4 is 15.4 Å². The second-order valence-corrected chi connectivity index (χ2v) is 5.41. The zero-order chi connectivity index (χ0) is 17.4. The van der Waals surface area contributed by atoms with E-state index in [0.717, 1.165) is 18.0 Å². The molecule has 2 rings (SSSR count). The maximum Gasteiger partial charge on any atom is 0.270 e. The summed E-state index contributed by atoms with van der Waals surface area (Å²) in [5, 5.41) is 5.90. The van der Waals surface area contributed by atoms with Gasteiger partial charge in [0.15, 0.2) is 0 Å². The summed E-state index contributed by atoms with van der Waals surface area (Å²) in [7, 11) is 3.91. The van der Waals surface area contributed by atoms with Crippen LogP contribution >= 0.6 is 0 Å². The van der Waals surface area contributed by atoms with Gasteiger partial charge >= 0.3 is 0 Å². The van der Waals surface area contributed by atoms with Crippen molar-refractivity contribution in [2.24, 2.45) is 0 Å². The number of ether oxygens (including phenoxy) is 1. The van der Waals surface area contributed by atoms with Crippen LogP contribution in [0.5, 0.6) is 5.75 Å². The summed E-state index contributed by atoms with van der Waals surface area (Å²) >= 11 is 0. The number of carbonyl (C=O) groups is 1. The number of amides is 1. The third-order valence-corrected chi connectivity index (χ3v) is 3.15. The monoisotopic (exact) mass is 329 g/mol. The standard InChI is InChI=1S/C17H23N5O2/c1-4-24-14-7-5-13(6-8-14)20-17-19-10-9-15(21-17)16(23)18-11-12-22(2)3/h5-10H,4,11-12H2,1-3H3,(H,18,23)(H,19,20,21). The van der Waals surface area contributed by atoms with E-state index in [0.29, 0.717) is 24.8 Å². The predicted molar refractivity (Wildman–Crippen MR) is 93.8 cm³/mol. The van der Waals surface area contributed by atoms with Crippen molar-refractivity contribution in [2.45, 2.75) is 6.92 Å². The average Bonchev–Trinajstić information content (AvgIpc) is 2.57. The van der Waals surface area contributed by atoms with Crippen LogP contribution in [0.4, 0.5) is 11.6 Å². The van der Waals surface area contributed by atoms with Crippen LogP contribution in [0.25, 0.3) is 0 Å². The smallest absolute Gasteiger partial charge is 0.270 e. The summed E-state index contributed by atoms with van der Waals surface area (Å²) in [5.41, 5.74) is 1.15. The first kappa shape index (κ1) is 17.7. The molecule has 7 heteroatoms. The van der Waals surface area contributed by atoms with Crippen molar-refractivity contribution < 1.29 is 9.53 Å². The molecular formula is C17H23N5O2. The van der Waals surface area contributed by atoms with Crippen molar-refractivity contribution in [1.82, 2.24) is 20.2 Å². The lowest BCUT2D eigenvalue weighted by Gasteiger charge is -2.11. The van der Waals surface area contributed by atoms with E-state index in [9.17, 15) is 4.79 Å². The van der Waals surface area contributed by atoms with E-state index >= 15 is 0 Å². The third-order valence-electron chi connectivity index (χ3n) is 3.15. The molecule has 0 saturated carbocycles. The first-order valence-electron chi connectivity index (χ1n) is 7.84. The molecule has 7 nitrogen and oxygen atoms in total. The highest BCUT2D eigenvalue weighted by Gasteiger charge is 2.08. The Morgan fingerprint density at radius 2 is 1.96 bits per heavy atom. The van der Waals surface area contributed by atoms with E-state index in [1.165, 1.54) is 0 Å². The molecule has 0 radical (unpaired) electrons. The first-order valence-corrected chi connectivity index (χ1v) is 7.84. The van der Waals surface area contributed by atoms with Gasteiger partial charge in [0.2, 0.25) is 5.95 Å². The predicted octanol–water partition coefficient (Wildman–Crippen LogP) is 1.91. The Hall–Kier alpha value is -2.67. The van der Waals surface area contributed by atoms with E-state index in [-0.39, 0.29) is 5.91 Å². The second kappa shape index (κ2) is 8.83. The molecule has 0 spiro atoms. The summed E-state index contributed by atoms with van der Waals surface area (Å²) in [4.78, 5) is 22.5. The van der Waals surface area contributed by atoms with E-state index < -0.39 is 0 Å². The molecular weight excluding hydrogens is 306 g/mol. The van der Waals surface area contributed by atoms with Crippen molar-refractivity contribution in [3.63, 3.8) is 0 Å². The Morgan fingerprint density at radius 1 is 1.21 bits per heavy atom. The fraction of sp³-hybridized carbons (Fsp3) is 0.353. The zero-order valence-electron chi connectivity index (χ0n) is 14.2. The number of benzene rings is 1. The van der Waals surface area contributed by atoms with Gasteiger partial charge < -0.3 is 20.3 Å². The molecule has 0 bridgehead atoms. The van der Waals surface area contributed by atoms with E-state index in [2.05, 4.69) is 20.6 Å². The lowest BCUT2D eigenvalue weighted by atomic mass is 10.3. The molecule has 0 saturated heterocycles. The SMILES string of the molecule is CCOc1ccc(Nc2nccc(C(=O)NCCN(C)C)n2)cc1. The molecule has 0 fully saturated rings. The Labute approximate surface area is 142 Å². The quantitative estimate of drug-likeness (QED) is 0.770. The van der Waals surface area contributed by atoms with Gasteiger partial charge in [0.05, 0.1) is 6.61 Å². The molecule has 2 aromatic rings. The van der Waals surface area contributed by atoms with E-state index in [4.69, 9.17) is 4.74 Å². The van der Waals surface area contributed by atoms with Crippen LogP contribution in [0.15, 0.2) is 36.5 Å². The van der Waals surface area contributed by atoms with Gasteiger partial charge in [-0.05, 0) is 51.4 Å². The highest BCUT2D eigenvalue weighted by Crippen LogP contribution is 2.18. The third kappa shape index (κ3) is 5.51. The fourth-order valence-electron chi connectivity index (χ4n) is 1.96. The maximum absolute atomic E-state index is 12.1. The normalized spacial score (nSPS) is 10.5. The molecule has 1 aromatic carbocycles. The second-order valence-electron chi connectivity index (χ2n) is 5.41. The lowest BCUT2D eigenvalue weighted by Crippen LogP contribution is -2.31. The Balaban J connectivity index is 1.97. The van der Waals surface area contributed by atoms with Gasteiger partial charge in [0.1, 0.15) is 11.4 Å². The number of carbonyl (C=O) groups excluding carboxylic acids is 1. The van der Waals surface area contributed by atoms with Crippen molar-refractivity contribution in [2.75, 3.05) is 39.1 Å². The van der Waals surface area contributed by atoms with Crippen molar-refractivity contribution in [3.8, 4) is 5.75 Å². The van der Waals surface area contributed by atoms with Gasteiger partial charge in [-0.15, -0.1) is 0 Å². The molecule has 0 aliphatic carbocycles. The number of likely N-dealkylation sites (N-methyl/N-ethyl adjacent to an activating group) is 1. The van der Waals surface area contributed by atoms with Crippen LogP contribution in [0.1, 0.15) is 17.4 Å². The zero-order valence-corrected chi connectivity index (χ0v) is 14.2. The lowest BCUT2D eigenvalue weighted by molar-refractivity contribution is 0.0946. The van der Waals surface area contributed by atoms with Gasteiger partial charge in [0.25, 0.3) is 5.91 Å². The van der Waals surface area contributed by atoms with Gasteiger partial charge in [0, 0.05) is 25.0 Å². The van der Waals surface area contributed by atoms with Gasteiger partial charge in [-0.3, -0.25) is 4.79 Å². The van der Waals surface area contributed by atoms with Gasteiger partial charge in [-0.2, -0.15) is 0 Å². The summed E-state index contributed by atoms with van der Waals surface area (Å²) in [6.07, 6.45) is 1.56. The van der Waals surface area contributed by atoms with Gasteiger partial charge in [-0.1, -0.05) is 0 Å². The molecule has 0 unspecified atom stereocenters. The molecule has 128 valence electrons. The summed E-state index contributed by atoms with van der Waals surface area (Å²) in [6.45, 7) is 3.90. The molecule has 1 heterocycles. The number of hydrogen-bond acceptors (Lipinski definition) is 6. The molecule has 2 N–H and O–H groups in total. The largest absolute Gasteiger partial charge is 0.494 e. The van der Waals surface area contributed by atoms with E-state index in [1.54, 1.807) is 12.3 Å². The minimum Gasteiger partial charge on any atom is -0.494 e. The topological polar surface area (TPSA) is 79.4 Å². The molecule has 0 aliphatic rings. The molecule has 24 heavy (non-hydrogen) atoms. The van der Waals surface area contributed by atoms with Crippen LogP contribution in [-0.2, 0) is 0 Å². The number of hydrogen-bond donors (Lipinski definition) is 2. The molecule has 1 amide bonds. The number of rotatable bonds is 8. The van der Waals surface area contributed by atoms with Crippen molar-refractivity contribution >= 4 is 17.5 Å². The number of aromatic nitrogens is 2. The van der Waals surface area contributed by atoms with Gasteiger partial charge in [-0.25, -0.2) is 9.97 Å².